The molecule has 8 nitrogen and oxygen atoms in total. The Morgan fingerprint density at radius 3 is 2.11 bits per heavy atom. The highest BCUT2D eigenvalue weighted by atomic mass is 16.5. The van der Waals surface area contributed by atoms with E-state index in [0.717, 1.165) is 6.42 Å². The highest BCUT2D eigenvalue weighted by Crippen LogP contribution is 2.40. The summed E-state index contributed by atoms with van der Waals surface area (Å²) in [6, 6.07) is 3.49. The Balaban J connectivity index is 2.09. The zero-order valence-corrected chi connectivity index (χ0v) is 16.3. The second-order valence-electron chi connectivity index (χ2n) is 6.27. The quantitative estimate of drug-likeness (QED) is 0.697. The van der Waals surface area contributed by atoms with E-state index in [1.165, 1.54) is 12.4 Å². The van der Waals surface area contributed by atoms with Gasteiger partial charge in [0, 0.05) is 36.8 Å². The lowest BCUT2D eigenvalue weighted by Gasteiger charge is -2.14. The minimum absolute atomic E-state index is 0.185. The molecular formula is C19H26N4O4. The zero-order valence-electron chi connectivity index (χ0n) is 16.3. The average Bonchev–Trinajstić information content (AvgIpc) is 2.67. The summed E-state index contributed by atoms with van der Waals surface area (Å²) in [6.07, 6.45) is 3.89. The molecule has 0 atom stereocenters. The predicted octanol–water partition coefficient (Wildman–Crippen LogP) is 3.02. The van der Waals surface area contributed by atoms with Crippen molar-refractivity contribution < 1.29 is 19.0 Å². The molecule has 0 aliphatic carbocycles. The molecule has 1 aromatic carbocycles. The molecular weight excluding hydrogens is 348 g/mol. The molecule has 0 bridgehead atoms. The first-order chi connectivity index (χ1) is 13.0. The van der Waals surface area contributed by atoms with Gasteiger partial charge in [-0.25, -0.2) is 9.97 Å². The number of nitrogens with zero attached hydrogens (tertiary/aromatic N) is 2. The van der Waals surface area contributed by atoms with Crippen molar-refractivity contribution in [3.63, 3.8) is 0 Å². The largest absolute Gasteiger partial charge is 0.493 e. The molecule has 0 spiro atoms. The van der Waals surface area contributed by atoms with Crippen LogP contribution in [-0.4, -0.2) is 43.7 Å². The zero-order chi connectivity index (χ0) is 19.8. The van der Waals surface area contributed by atoms with Crippen molar-refractivity contribution in [1.82, 2.24) is 15.3 Å². The maximum atomic E-state index is 12.1. The molecule has 2 rings (SSSR count). The van der Waals surface area contributed by atoms with Crippen LogP contribution in [0.5, 0.6) is 17.2 Å². The third kappa shape index (κ3) is 5.47. The number of benzene rings is 1. The van der Waals surface area contributed by atoms with E-state index in [9.17, 15) is 4.79 Å². The Bertz CT molecular complexity index is 738. The summed E-state index contributed by atoms with van der Waals surface area (Å²) >= 11 is 0. The number of anilines is 2. The molecule has 1 heterocycles. The topological polar surface area (TPSA) is 94.6 Å². The van der Waals surface area contributed by atoms with Gasteiger partial charge in [0.25, 0.3) is 5.91 Å². The lowest BCUT2D eigenvalue weighted by Crippen LogP contribution is -2.25. The lowest BCUT2D eigenvalue weighted by atomic mass is 10.1. The molecule has 2 aromatic rings. The van der Waals surface area contributed by atoms with Gasteiger partial charge in [-0.1, -0.05) is 13.8 Å². The Hall–Kier alpha value is -3.03. The summed E-state index contributed by atoms with van der Waals surface area (Å²) in [5, 5.41) is 5.92. The number of carbonyl (C=O) groups excluding carboxylic acids is 1. The van der Waals surface area contributed by atoms with Crippen LogP contribution in [0.25, 0.3) is 0 Å². The molecule has 0 fully saturated rings. The fourth-order valence-electron chi connectivity index (χ4n) is 2.37. The Morgan fingerprint density at radius 2 is 1.63 bits per heavy atom. The molecule has 0 saturated carbocycles. The van der Waals surface area contributed by atoms with Gasteiger partial charge >= 0.3 is 0 Å². The van der Waals surface area contributed by atoms with E-state index >= 15 is 0 Å². The number of carbonyl (C=O) groups is 1. The Labute approximate surface area is 159 Å². The molecule has 8 heteroatoms. The van der Waals surface area contributed by atoms with E-state index in [2.05, 4.69) is 34.4 Å². The van der Waals surface area contributed by atoms with Gasteiger partial charge in [0.15, 0.2) is 11.5 Å². The highest BCUT2D eigenvalue weighted by Gasteiger charge is 2.14. The van der Waals surface area contributed by atoms with Crippen molar-refractivity contribution in [2.45, 2.75) is 20.3 Å². The molecule has 1 amide bonds. The van der Waals surface area contributed by atoms with Crippen LogP contribution in [0.3, 0.4) is 0 Å². The molecule has 0 aliphatic rings. The van der Waals surface area contributed by atoms with E-state index in [1.54, 1.807) is 33.5 Å². The van der Waals surface area contributed by atoms with Crippen molar-refractivity contribution in [1.29, 1.82) is 0 Å². The standard InChI is InChI=1S/C19H26N4O4/c1-12(2)6-7-20-18(24)13-10-21-19(22-11-13)23-14-8-15(25-3)17(27-5)16(9-14)26-4/h8-12H,6-7H2,1-5H3,(H,20,24)(H,21,22,23). The minimum atomic E-state index is -0.185. The van der Waals surface area contributed by atoms with Gasteiger partial charge < -0.3 is 24.8 Å². The fourth-order valence-corrected chi connectivity index (χ4v) is 2.37. The molecule has 0 radical (unpaired) electrons. The maximum Gasteiger partial charge on any atom is 0.254 e. The first-order valence-corrected chi connectivity index (χ1v) is 8.65. The summed E-state index contributed by atoms with van der Waals surface area (Å²) in [7, 11) is 4.63. The van der Waals surface area contributed by atoms with Crippen LogP contribution in [0.4, 0.5) is 11.6 Å². The summed E-state index contributed by atoms with van der Waals surface area (Å²) in [6.45, 7) is 4.85. The van der Waals surface area contributed by atoms with Crippen molar-refractivity contribution in [2.24, 2.45) is 5.92 Å². The van der Waals surface area contributed by atoms with Gasteiger partial charge in [-0.15, -0.1) is 0 Å². The molecule has 27 heavy (non-hydrogen) atoms. The second kappa shape index (κ2) is 9.61. The fraction of sp³-hybridized carbons (Fsp3) is 0.421. The molecule has 1 aromatic heterocycles. The number of aromatic nitrogens is 2. The van der Waals surface area contributed by atoms with Gasteiger partial charge in [0.2, 0.25) is 11.7 Å². The summed E-state index contributed by atoms with van der Waals surface area (Å²) in [5.74, 6) is 2.23. The maximum absolute atomic E-state index is 12.1. The van der Waals surface area contributed by atoms with E-state index in [-0.39, 0.29) is 5.91 Å². The molecule has 0 aliphatic heterocycles. The Morgan fingerprint density at radius 1 is 1.04 bits per heavy atom. The van der Waals surface area contributed by atoms with Gasteiger partial charge in [-0.3, -0.25) is 4.79 Å². The van der Waals surface area contributed by atoms with Crippen LogP contribution in [0.2, 0.25) is 0 Å². The smallest absolute Gasteiger partial charge is 0.254 e. The monoisotopic (exact) mass is 374 g/mol. The number of nitrogens with one attached hydrogen (secondary N) is 2. The molecule has 146 valence electrons. The van der Waals surface area contributed by atoms with Crippen LogP contribution < -0.4 is 24.8 Å². The number of methoxy groups -OCH3 is 3. The number of hydrogen-bond acceptors (Lipinski definition) is 7. The van der Waals surface area contributed by atoms with Crippen LogP contribution in [-0.2, 0) is 0 Å². The first kappa shape index (κ1) is 20.3. The normalized spacial score (nSPS) is 10.4. The highest BCUT2D eigenvalue weighted by molar-refractivity contribution is 5.93. The van der Waals surface area contributed by atoms with E-state index in [0.29, 0.717) is 46.9 Å². The SMILES string of the molecule is COc1cc(Nc2ncc(C(=O)NCCC(C)C)cn2)cc(OC)c1OC. The number of ether oxygens (including phenoxy) is 3. The van der Waals surface area contributed by atoms with Crippen LogP contribution in [0, 0.1) is 5.92 Å². The van der Waals surface area contributed by atoms with E-state index in [4.69, 9.17) is 14.2 Å². The predicted molar refractivity (Wildman–Crippen MR) is 103 cm³/mol. The number of hydrogen-bond donors (Lipinski definition) is 2. The molecule has 0 saturated heterocycles. The summed E-state index contributed by atoms with van der Waals surface area (Å²) in [5.41, 5.74) is 1.08. The third-order valence-corrected chi connectivity index (χ3v) is 3.84. The number of amides is 1. The minimum Gasteiger partial charge on any atom is -0.493 e. The first-order valence-electron chi connectivity index (χ1n) is 8.65. The lowest BCUT2D eigenvalue weighted by molar-refractivity contribution is 0.0951. The average molecular weight is 374 g/mol. The molecule has 2 N–H and O–H groups in total. The van der Waals surface area contributed by atoms with Crippen molar-refractivity contribution in [2.75, 3.05) is 33.2 Å². The number of rotatable bonds is 9. The van der Waals surface area contributed by atoms with Crippen LogP contribution in [0.1, 0.15) is 30.6 Å². The second-order valence-corrected chi connectivity index (χ2v) is 6.27. The van der Waals surface area contributed by atoms with Gasteiger partial charge in [-0.05, 0) is 12.3 Å². The van der Waals surface area contributed by atoms with Gasteiger partial charge in [0.05, 0.1) is 26.9 Å². The van der Waals surface area contributed by atoms with Gasteiger partial charge in [0.1, 0.15) is 0 Å². The third-order valence-electron chi connectivity index (χ3n) is 3.84. The van der Waals surface area contributed by atoms with Crippen molar-refractivity contribution in [3.05, 3.63) is 30.1 Å². The van der Waals surface area contributed by atoms with Crippen molar-refractivity contribution in [3.8, 4) is 17.2 Å². The Kier molecular flexibility index (Phi) is 7.22. The van der Waals surface area contributed by atoms with Crippen LogP contribution in [0.15, 0.2) is 24.5 Å². The molecule has 0 unspecified atom stereocenters. The van der Waals surface area contributed by atoms with E-state index < -0.39 is 0 Å². The summed E-state index contributed by atoms with van der Waals surface area (Å²) < 4.78 is 15.9. The van der Waals surface area contributed by atoms with Gasteiger partial charge in [-0.2, -0.15) is 0 Å². The van der Waals surface area contributed by atoms with E-state index in [1.807, 2.05) is 0 Å². The summed E-state index contributed by atoms with van der Waals surface area (Å²) in [4.78, 5) is 20.5. The van der Waals surface area contributed by atoms with Crippen molar-refractivity contribution >= 4 is 17.5 Å². The van der Waals surface area contributed by atoms with Crippen LogP contribution >= 0.6 is 0 Å².